The molecular weight excluding hydrogens is 270 g/mol. The molecule has 2 N–H and O–H groups in total. The molecule has 0 aromatic rings. The van der Waals surface area contributed by atoms with Gasteiger partial charge in [-0.15, -0.1) is 0 Å². The maximum absolute atomic E-state index is 12.5. The molecule has 1 heterocycles. The Morgan fingerprint density at radius 2 is 1.95 bits per heavy atom. The van der Waals surface area contributed by atoms with Crippen molar-refractivity contribution in [2.24, 2.45) is 17.8 Å². The number of amides is 1. The lowest BCUT2D eigenvalue weighted by atomic mass is 9.91. The zero-order chi connectivity index (χ0) is 15.6. The third-order valence-corrected chi connectivity index (χ3v) is 4.94. The Labute approximate surface area is 126 Å². The summed E-state index contributed by atoms with van der Waals surface area (Å²) in [4.78, 5) is 23.9. The van der Waals surface area contributed by atoms with Crippen LogP contribution in [0.25, 0.3) is 0 Å². The van der Waals surface area contributed by atoms with E-state index in [1.165, 1.54) is 0 Å². The molecule has 21 heavy (non-hydrogen) atoms. The van der Waals surface area contributed by atoms with Gasteiger partial charge in [-0.05, 0) is 45.4 Å². The number of hydrogen-bond acceptors (Lipinski definition) is 3. The van der Waals surface area contributed by atoms with Crippen molar-refractivity contribution < 1.29 is 19.4 Å². The molecule has 2 unspecified atom stereocenters. The minimum Gasteiger partial charge on any atom is -0.481 e. The second kappa shape index (κ2) is 6.34. The summed E-state index contributed by atoms with van der Waals surface area (Å²) in [5.41, 5.74) is -0.218. The second-order valence-corrected chi connectivity index (χ2v) is 7.10. The molecule has 1 saturated carbocycles. The Morgan fingerprint density at radius 1 is 1.29 bits per heavy atom. The lowest BCUT2D eigenvalue weighted by Crippen LogP contribution is -2.48. The van der Waals surface area contributed by atoms with Crippen LogP contribution in [0.5, 0.6) is 0 Å². The second-order valence-electron chi connectivity index (χ2n) is 7.10. The first kappa shape index (κ1) is 16.3. The summed E-state index contributed by atoms with van der Waals surface area (Å²) in [6, 6.07) is 0.0939. The van der Waals surface area contributed by atoms with Gasteiger partial charge in [0.25, 0.3) is 0 Å². The number of aliphatic carboxylic acids is 1. The molecule has 0 aromatic heterocycles. The van der Waals surface area contributed by atoms with Crippen molar-refractivity contribution in [2.75, 3.05) is 6.61 Å². The van der Waals surface area contributed by atoms with E-state index in [0.717, 1.165) is 19.3 Å². The minimum absolute atomic E-state index is 0.0824. The molecule has 5 heteroatoms. The van der Waals surface area contributed by atoms with Crippen molar-refractivity contribution >= 4 is 11.9 Å². The molecule has 120 valence electrons. The third kappa shape index (κ3) is 3.96. The zero-order valence-corrected chi connectivity index (χ0v) is 13.2. The van der Waals surface area contributed by atoms with Crippen molar-refractivity contribution in [2.45, 2.75) is 64.5 Å². The molecule has 0 spiro atoms. The van der Waals surface area contributed by atoms with Crippen LogP contribution in [0.4, 0.5) is 0 Å². The van der Waals surface area contributed by atoms with Crippen molar-refractivity contribution in [1.82, 2.24) is 5.32 Å². The van der Waals surface area contributed by atoms with Crippen LogP contribution >= 0.6 is 0 Å². The maximum atomic E-state index is 12.5. The van der Waals surface area contributed by atoms with Gasteiger partial charge < -0.3 is 15.2 Å². The van der Waals surface area contributed by atoms with Crippen molar-refractivity contribution in [1.29, 1.82) is 0 Å². The number of carbonyl (C=O) groups excluding carboxylic acids is 1. The zero-order valence-electron chi connectivity index (χ0n) is 13.2. The monoisotopic (exact) mass is 297 g/mol. The highest BCUT2D eigenvalue weighted by Crippen LogP contribution is 2.38. The number of hydrogen-bond donors (Lipinski definition) is 2. The van der Waals surface area contributed by atoms with Gasteiger partial charge in [-0.3, -0.25) is 9.59 Å². The van der Waals surface area contributed by atoms with Gasteiger partial charge >= 0.3 is 5.97 Å². The molecule has 1 saturated heterocycles. The summed E-state index contributed by atoms with van der Waals surface area (Å²) in [6.07, 6.45) is 3.85. The molecule has 0 bridgehead atoms. The predicted molar refractivity (Wildman–Crippen MR) is 78.8 cm³/mol. The van der Waals surface area contributed by atoms with E-state index in [-0.39, 0.29) is 23.5 Å². The van der Waals surface area contributed by atoms with Crippen LogP contribution in [0.2, 0.25) is 0 Å². The molecule has 5 nitrogen and oxygen atoms in total. The van der Waals surface area contributed by atoms with Crippen LogP contribution in [0.15, 0.2) is 0 Å². The summed E-state index contributed by atoms with van der Waals surface area (Å²) < 4.78 is 5.65. The number of carboxylic acid groups (broad SMARTS) is 1. The molecule has 0 radical (unpaired) electrons. The van der Waals surface area contributed by atoms with Crippen LogP contribution in [-0.4, -0.2) is 35.2 Å². The van der Waals surface area contributed by atoms with E-state index in [0.29, 0.717) is 25.4 Å². The number of carbonyl (C=O) groups is 2. The fourth-order valence-electron chi connectivity index (χ4n) is 3.70. The van der Waals surface area contributed by atoms with E-state index < -0.39 is 11.9 Å². The highest BCUT2D eigenvalue weighted by Gasteiger charge is 2.43. The highest BCUT2D eigenvalue weighted by molar-refractivity contribution is 5.85. The Balaban J connectivity index is 1.97. The smallest absolute Gasteiger partial charge is 0.307 e. The minimum atomic E-state index is -0.835. The molecule has 0 aromatic carbocycles. The average Bonchev–Trinajstić information content (AvgIpc) is 2.81. The van der Waals surface area contributed by atoms with E-state index in [1.807, 2.05) is 13.8 Å². The predicted octanol–water partition coefficient (Wildman–Crippen LogP) is 2.20. The fourth-order valence-corrected chi connectivity index (χ4v) is 3.70. The normalized spacial score (nSPS) is 35.4. The quantitative estimate of drug-likeness (QED) is 0.834. The summed E-state index contributed by atoms with van der Waals surface area (Å²) in [6.45, 7) is 6.75. The van der Waals surface area contributed by atoms with E-state index in [2.05, 4.69) is 12.2 Å². The van der Waals surface area contributed by atoms with Crippen LogP contribution in [-0.2, 0) is 14.3 Å². The Hall–Kier alpha value is -1.10. The van der Waals surface area contributed by atoms with Crippen LogP contribution in [0.1, 0.15) is 52.9 Å². The SMILES string of the molecule is CCC1C[C@H](C(=O)NC2CCOC(C)(C)C2)[C@H](C(=O)O)C1. The van der Waals surface area contributed by atoms with Crippen LogP contribution < -0.4 is 5.32 Å². The highest BCUT2D eigenvalue weighted by atomic mass is 16.5. The first-order chi connectivity index (χ1) is 9.82. The summed E-state index contributed by atoms with van der Waals surface area (Å²) in [5, 5.41) is 12.4. The molecule has 2 aliphatic rings. The maximum Gasteiger partial charge on any atom is 0.307 e. The number of nitrogens with one attached hydrogen (secondary N) is 1. The van der Waals surface area contributed by atoms with Crippen LogP contribution in [0, 0.1) is 17.8 Å². The summed E-state index contributed by atoms with van der Waals surface area (Å²) >= 11 is 0. The largest absolute Gasteiger partial charge is 0.481 e. The number of rotatable bonds is 4. The Bertz CT molecular complexity index is 407. The van der Waals surface area contributed by atoms with Gasteiger partial charge in [0, 0.05) is 12.6 Å². The van der Waals surface area contributed by atoms with E-state index in [4.69, 9.17) is 4.74 Å². The van der Waals surface area contributed by atoms with E-state index >= 15 is 0 Å². The molecular formula is C16H27NO4. The molecule has 1 aliphatic carbocycles. The van der Waals surface area contributed by atoms with Gasteiger partial charge in [0.2, 0.25) is 5.91 Å². The lowest BCUT2D eigenvalue weighted by Gasteiger charge is -2.36. The third-order valence-electron chi connectivity index (χ3n) is 4.94. The number of ether oxygens (including phenoxy) is 1. The Kier molecular flexibility index (Phi) is 4.91. The molecule has 1 amide bonds. The van der Waals surface area contributed by atoms with E-state index in [9.17, 15) is 14.7 Å². The topological polar surface area (TPSA) is 75.6 Å². The standard InChI is InChI=1S/C16H27NO4/c1-4-10-7-12(13(8-10)15(19)20)14(18)17-11-5-6-21-16(2,3)9-11/h10-13H,4-9H2,1-3H3,(H,17,18)(H,19,20)/t10?,11?,12-,13+/m0/s1. The van der Waals surface area contributed by atoms with Crippen molar-refractivity contribution in [3.63, 3.8) is 0 Å². The summed E-state index contributed by atoms with van der Waals surface area (Å²) in [7, 11) is 0. The van der Waals surface area contributed by atoms with Gasteiger partial charge in [-0.2, -0.15) is 0 Å². The fraction of sp³-hybridized carbons (Fsp3) is 0.875. The molecule has 1 aliphatic heterocycles. The van der Waals surface area contributed by atoms with Crippen LogP contribution in [0.3, 0.4) is 0 Å². The van der Waals surface area contributed by atoms with Crippen molar-refractivity contribution in [3.8, 4) is 0 Å². The van der Waals surface area contributed by atoms with E-state index in [1.54, 1.807) is 0 Å². The molecule has 2 fully saturated rings. The Morgan fingerprint density at radius 3 is 2.52 bits per heavy atom. The summed E-state index contributed by atoms with van der Waals surface area (Å²) in [5.74, 6) is -1.46. The number of carboxylic acids is 1. The van der Waals surface area contributed by atoms with Gasteiger partial charge in [0.1, 0.15) is 0 Å². The average molecular weight is 297 g/mol. The van der Waals surface area contributed by atoms with Crippen molar-refractivity contribution in [3.05, 3.63) is 0 Å². The van der Waals surface area contributed by atoms with Gasteiger partial charge in [0.15, 0.2) is 0 Å². The van der Waals surface area contributed by atoms with Gasteiger partial charge in [0.05, 0.1) is 17.4 Å². The lowest BCUT2D eigenvalue weighted by molar-refractivity contribution is -0.146. The van der Waals surface area contributed by atoms with Gasteiger partial charge in [-0.25, -0.2) is 0 Å². The first-order valence-corrected chi connectivity index (χ1v) is 7.99. The molecule has 2 rings (SSSR count). The molecule has 4 atom stereocenters. The van der Waals surface area contributed by atoms with Gasteiger partial charge in [-0.1, -0.05) is 13.3 Å². The first-order valence-electron chi connectivity index (χ1n) is 7.99.